The Labute approximate surface area is 148 Å². The van der Waals surface area contributed by atoms with E-state index in [0.717, 1.165) is 33.5 Å². The van der Waals surface area contributed by atoms with Crippen LogP contribution in [0.15, 0.2) is 48.5 Å². The largest absolute Gasteiger partial charge is 0.497 e. The van der Waals surface area contributed by atoms with Crippen LogP contribution < -0.4 is 10.1 Å². The summed E-state index contributed by atoms with van der Waals surface area (Å²) < 4.78 is 5.25. The lowest BCUT2D eigenvalue weighted by molar-refractivity contribution is 0.191. The van der Waals surface area contributed by atoms with Crippen molar-refractivity contribution in [1.29, 1.82) is 0 Å². The molecule has 1 atom stereocenters. The lowest BCUT2D eigenvalue weighted by Gasteiger charge is -2.13. The molecule has 4 nitrogen and oxygen atoms in total. The van der Waals surface area contributed by atoms with Crippen LogP contribution in [0.5, 0.6) is 5.75 Å². The fourth-order valence-electron chi connectivity index (χ4n) is 2.87. The fraction of sp³-hybridized carbons (Fsp3) is 0.286. The molecule has 4 heteroatoms. The first-order valence-electron chi connectivity index (χ1n) is 8.50. The number of aliphatic hydroxyl groups excluding tert-OH is 1. The molecule has 0 bridgehead atoms. The van der Waals surface area contributed by atoms with Crippen molar-refractivity contribution in [3.63, 3.8) is 0 Å². The molecule has 1 heterocycles. The molecule has 0 aliphatic rings. The van der Waals surface area contributed by atoms with Crippen LogP contribution in [0, 0.1) is 6.92 Å². The zero-order valence-electron chi connectivity index (χ0n) is 14.9. The molecule has 1 unspecified atom stereocenters. The number of nitrogens with zero attached hydrogens (tertiary/aromatic N) is 1. The van der Waals surface area contributed by atoms with Crippen molar-refractivity contribution in [2.24, 2.45) is 0 Å². The van der Waals surface area contributed by atoms with Crippen LogP contribution in [0.4, 0.5) is 0 Å². The molecule has 130 valence electrons. The van der Waals surface area contributed by atoms with Gasteiger partial charge in [-0.05, 0) is 61.4 Å². The highest BCUT2D eigenvalue weighted by molar-refractivity contribution is 5.84. The number of hydrogen-bond donors (Lipinski definition) is 2. The lowest BCUT2D eigenvalue weighted by Crippen LogP contribution is -2.24. The van der Waals surface area contributed by atoms with Gasteiger partial charge in [-0.1, -0.05) is 12.1 Å². The average molecular weight is 336 g/mol. The SMILES string of the molecule is COc1ccc(-c2nc3cc(C)ccc3cc2CNCC(C)O)cc1. The Balaban J connectivity index is 2.04. The predicted octanol–water partition coefficient (Wildman–Crippen LogP) is 3.69. The van der Waals surface area contributed by atoms with E-state index in [9.17, 15) is 5.11 Å². The molecule has 0 fully saturated rings. The van der Waals surface area contributed by atoms with Gasteiger partial charge in [-0.3, -0.25) is 0 Å². The van der Waals surface area contributed by atoms with Gasteiger partial charge in [0, 0.05) is 24.0 Å². The van der Waals surface area contributed by atoms with Crippen LogP contribution in [-0.2, 0) is 6.54 Å². The highest BCUT2D eigenvalue weighted by Gasteiger charge is 2.10. The number of ether oxygens (including phenoxy) is 1. The molecule has 25 heavy (non-hydrogen) atoms. The van der Waals surface area contributed by atoms with Crippen LogP contribution in [0.25, 0.3) is 22.2 Å². The van der Waals surface area contributed by atoms with E-state index in [1.54, 1.807) is 14.0 Å². The molecule has 0 radical (unpaired) electrons. The number of aliphatic hydroxyl groups is 1. The molecular weight excluding hydrogens is 312 g/mol. The number of benzene rings is 2. The quantitative estimate of drug-likeness (QED) is 0.721. The zero-order valence-corrected chi connectivity index (χ0v) is 14.9. The molecule has 3 aromatic rings. The maximum Gasteiger partial charge on any atom is 0.118 e. The third-order valence-corrected chi connectivity index (χ3v) is 4.17. The van der Waals surface area contributed by atoms with Gasteiger partial charge < -0.3 is 15.2 Å². The third-order valence-electron chi connectivity index (χ3n) is 4.17. The molecule has 2 N–H and O–H groups in total. The van der Waals surface area contributed by atoms with Crippen LogP contribution in [0.1, 0.15) is 18.1 Å². The first-order valence-corrected chi connectivity index (χ1v) is 8.50. The van der Waals surface area contributed by atoms with Crippen molar-refractivity contribution >= 4 is 10.9 Å². The van der Waals surface area contributed by atoms with Gasteiger partial charge in [-0.25, -0.2) is 4.98 Å². The second-order valence-corrected chi connectivity index (χ2v) is 6.40. The summed E-state index contributed by atoms with van der Waals surface area (Å²) in [5, 5.41) is 13.9. The van der Waals surface area contributed by atoms with Gasteiger partial charge >= 0.3 is 0 Å². The maximum atomic E-state index is 9.48. The van der Waals surface area contributed by atoms with E-state index in [1.807, 2.05) is 24.3 Å². The van der Waals surface area contributed by atoms with Crippen molar-refractivity contribution in [2.45, 2.75) is 26.5 Å². The summed E-state index contributed by atoms with van der Waals surface area (Å²) in [6.07, 6.45) is -0.375. The predicted molar refractivity (Wildman–Crippen MR) is 102 cm³/mol. The summed E-state index contributed by atoms with van der Waals surface area (Å²) in [4.78, 5) is 4.92. The Morgan fingerprint density at radius 2 is 1.88 bits per heavy atom. The Kier molecular flexibility index (Phi) is 5.31. The fourth-order valence-corrected chi connectivity index (χ4v) is 2.87. The Morgan fingerprint density at radius 1 is 1.12 bits per heavy atom. The lowest BCUT2D eigenvalue weighted by atomic mass is 10.0. The van der Waals surface area contributed by atoms with Crippen molar-refractivity contribution in [2.75, 3.05) is 13.7 Å². The summed E-state index contributed by atoms with van der Waals surface area (Å²) in [5.74, 6) is 0.828. The number of rotatable bonds is 6. The normalized spacial score (nSPS) is 12.3. The molecule has 0 saturated carbocycles. The smallest absolute Gasteiger partial charge is 0.118 e. The highest BCUT2D eigenvalue weighted by atomic mass is 16.5. The first-order chi connectivity index (χ1) is 12.1. The molecular formula is C21H24N2O2. The van der Waals surface area contributed by atoms with Gasteiger partial charge in [0.05, 0.1) is 24.4 Å². The number of methoxy groups -OCH3 is 1. The summed E-state index contributed by atoms with van der Waals surface area (Å²) in [6, 6.07) is 16.4. The monoisotopic (exact) mass is 336 g/mol. The molecule has 3 rings (SSSR count). The summed E-state index contributed by atoms with van der Waals surface area (Å²) in [6.45, 7) is 5.06. The second-order valence-electron chi connectivity index (χ2n) is 6.40. The molecule has 0 aliphatic carbocycles. The Hall–Kier alpha value is -2.43. The summed E-state index contributed by atoms with van der Waals surface area (Å²) >= 11 is 0. The third kappa shape index (κ3) is 4.16. The number of fused-ring (bicyclic) bond motifs is 1. The number of hydrogen-bond acceptors (Lipinski definition) is 4. The Bertz CT molecular complexity index is 858. The molecule has 0 aliphatic heterocycles. The van der Waals surface area contributed by atoms with Crippen molar-refractivity contribution < 1.29 is 9.84 Å². The minimum atomic E-state index is -0.375. The molecule has 0 amide bonds. The van der Waals surface area contributed by atoms with Gasteiger partial charge in [-0.2, -0.15) is 0 Å². The Morgan fingerprint density at radius 3 is 2.56 bits per heavy atom. The summed E-state index contributed by atoms with van der Waals surface area (Å²) in [5.41, 5.74) is 5.31. The van der Waals surface area contributed by atoms with Crippen LogP contribution in [-0.4, -0.2) is 29.8 Å². The van der Waals surface area contributed by atoms with E-state index in [4.69, 9.17) is 9.72 Å². The van der Waals surface area contributed by atoms with Gasteiger partial charge in [0.25, 0.3) is 0 Å². The summed E-state index contributed by atoms with van der Waals surface area (Å²) in [7, 11) is 1.66. The van der Waals surface area contributed by atoms with Gasteiger partial charge in [0.15, 0.2) is 0 Å². The molecule has 2 aromatic carbocycles. The zero-order chi connectivity index (χ0) is 17.8. The molecule has 0 saturated heterocycles. The first kappa shape index (κ1) is 17.4. The van der Waals surface area contributed by atoms with E-state index in [1.165, 1.54) is 5.56 Å². The topological polar surface area (TPSA) is 54.4 Å². The number of aryl methyl sites for hydroxylation is 1. The van der Waals surface area contributed by atoms with Gasteiger partial charge in [0.2, 0.25) is 0 Å². The van der Waals surface area contributed by atoms with E-state index in [-0.39, 0.29) is 6.10 Å². The van der Waals surface area contributed by atoms with E-state index in [2.05, 4.69) is 36.5 Å². The van der Waals surface area contributed by atoms with Crippen LogP contribution >= 0.6 is 0 Å². The standard InChI is InChI=1S/C21H24N2O2/c1-14-4-5-17-11-18(13-22-12-15(2)24)21(23-20(17)10-14)16-6-8-19(25-3)9-7-16/h4-11,15,22,24H,12-13H2,1-3H3. The van der Waals surface area contributed by atoms with Gasteiger partial charge in [-0.15, -0.1) is 0 Å². The van der Waals surface area contributed by atoms with E-state index < -0.39 is 0 Å². The number of pyridine rings is 1. The van der Waals surface area contributed by atoms with E-state index in [0.29, 0.717) is 13.1 Å². The van der Waals surface area contributed by atoms with Crippen LogP contribution in [0.2, 0.25) is 0 Å². The highest BCUT2D eigenvalue weighted by Crippen LogP contribution is 2.27. The second kappa shape index (κ2) is 7.64. The number of aromatic nitrogens is 1. The van der Waals surface area contributed by atoms with E-state index >= 15 is 0 Å². The molecule has 1 aromatic heterocycles. The van der Waals surface area contributed by atoms with Crippen LogP contribution in [0.3, 0.4) is 0 Å². The average Bonchev–Trinajstić information content (AvgIpc) is 2.61. The minimum Gasteiger partial charge on any atom is -0.497 e. The van der Waals surface area contributed by atoms with Gasteiger partial charge in [0.1, 0.15) is 5.75 Å². The maximum absolute atomic E-state index is 9.48. The number of nitrogens with one attached hydrogen (secondary N) is 1. The van der Waals surface area contributed by atoms with Crippen molar-refractivity contribution in [1.82, 2.24) is 10.3 Å². The molecule has 0 spiro atoms. The minimum absolute atomic E-state index is 0.375. The van der Waals surface area contributed by atoms with Crippen molar-refractivity contribution in [3.8, 4) is 17.0 Å². The van der Waals surface area contributed by atoms with Crippen molar-refractivity contribution in [3.05, 3.63) is 59.7 Å².